The number of nitrogens with two attached hydrogens (primary N) is 3. The Balaban J connectivity index is 1.72. The SMILES string of the molecule is CCn1c(N)c(C(N)=O)c(=O)c2cnc(Nc3ccc(C4CC4N)cc3)nc21. The number of carbonyl (C=O) groups is 1. The van der Waals surface area contributed by atoms with E-state index < -0.39 is 11.3 Å². The average molecular weight is 379 g/mol. The normalized spacial score (nSPS) is 18.2. The summed E-state index contributed by atoms with van der Waals surface area (Å²) in [6.07, 6.45) is 2.40. The minimum atomic E-state index is -0.871. The Morgan fingerprint density at radius 1 is 1.32 bits per heavy atom. The zero-order valence-corrected chi connectivity index (χ0v) is 15.3. The highest BCUT2D eigenvalue weighted by Crippen LogP contribution is 2.39. The monoisotopic (exact) mass is 379 g/mol. The minimum absolute atomic E-state index is 0.00211. The maximum atomic E-state index is 12.6. The molecule has 0 radical (unpaired) electrons. The van der Waals surface area contributed by atoms with E-state index in [1.165, 1.54) is 11.8 Å². The molecule has 2 unspecified atom stereocenters. The second kappa shape index (κ2) is 6.61. The van der Waals surface area contributed by atoms with Crippen LogP contribution in [0.15, 0.2) is 35.3 Å². The number of anilines is 3. The summed E-state index contributed by atoms with van der Waals surface area (Å²) in [5, 5.41) is 3.31. The van der Waals surface area contributed by atoms with E-state index in [0.717, 1.165) is 12.1 Å². The van der Waals surface area contributed by atoms with Crippen LogP contribution in [-0.4, -0.2) is 26.5 Å². The summed E-state index contributed by atoms with van der Waals surface area (Å²) in [6.45, 7) is 2.25. The first-order valence-corrected chi connectivity index (χ1v) is 9.02. The van der Waals surface area contributed by atoms with Gasteiger partial charge in [0, 0.05) is 30.4 Å². The van der Waals surface area contributed by atoms with Gasteiger partial charge < -0.3 is 27.1 Å². The van der Waals surface area contributed by atoms with E-state index in [4.69, 9.17) is 17.2 Å². The fourth-order valence-electron chi connectivity index (χ4n) is 3.40. The van der Waals surface area contributed by atoms with Gasteiger partial charge in [0.1, 0.15) is 11.4 Å². The first-order chi connectivity index (χ1) is 13.4. The van der Waals surface area contributed by atoms with Crippen molar-refractivity contribution in [2.75, 3.05) is 11.1 Å². The smallest absolute Gasteiger partial charge is 0.256 e. The largest absolute Gasteiger partial charge is 0.384 e. The number of pyridine rings is 1. The Labute approximate surface area is 160 Å². The molecular formula is C19H21N7O2. The van der Waals surface area contributed by atoms with Crippen molar-refractivity contribution in [1.29, 1.82) is 0 Å². The topological polar surface area (TPSA) is 155 Å². The molecule has 3 aromatic rings. The van der Waals surface area contributed by atoms with Crippen LogP contribution < -0.4 is 27.9 Å². The van der Waals surface area contributed by atoms with Crippen LogP contribution in [0.1, 0.15) is 35.2 Å². The Morgan fingerprint density at radius 3 is 2.57 bits per heavy atom. The van der Waals surface area contributed by atoms with Crippen molar-refractivity contribution in [2.45, 2.75) is 31.8 Å². The van der Waals surface area contributed by atoms with E-state index >= 15 is 0 Å². The van der Waals surface area contributed by atoms with Crippen LogP contribution >= 0.6 is 0 Å². The third kappa shape index (κ3) is 2.95. The van der Waals surface area contributed by atoms with Crippen molar-refractivity contribution < 1.29 is 4.79 Å². The molecule has 4 rings (SSSR count). The van der Waals surface area contributed by atoms with Crippen molar-refractivity contribution in [3.8, 4) is 0 Å². The van der Waals surface area contributed by atoms with Crippen molar-refractivity contribution in [2.24, 2.45) is 11.5 Å². The molecule has 2 aromatic heterocycles. The van der Waals surface area contributed by atoms with E-state index in [1.807, 2.05) is 31.2 Å². The zero-order chi connectivity index (χ0) is 20.0. The van der Waals surface area contributed by atoms with Crippen molar-refractivity contribution in [1.82, 2.24) is 14.5 Å². The number of hydrogen-bond acceptors (Lipinski definition) is 7. The van der Waals surface area contributed by atoms with Gasteiger partial charge in [-0.15, -0.1) is 0 Å². The molecule has 1 saturated carbocycles. The number of nitrogen functional groups attached to an aromatic ring is 1. The number of aromatic nitrogens is 3. The highest BCUT2D eigenvalue weighted by molar-refractivity contribution is 6.00. The molecule has 144 valence electrons. The number of rotatable bonds is 5. The van der Waals surface area contributed by atoms with Gasteiger partial charge in [0.15, 0.2) is 5.65 Å². The molecule has 2 atom stereocenters. The van der Waals surface area contributed by atoms with Crippen molar-refractivity contribution in [3.63, 3.8) is 0 Å². The predicted octanol–water partition coefficient (Wildman–Crippen LogP) is 1.05. The number of hydrogen-bond donors (Lipinski definition) is 4. The first-order valence-electron chi connectivity index (χ1n) is 9.02. The number of fused-ring (bicyclic) bond motifs is 1. The van der Waals surface area contributed by atoms with E-state index in [0.29, 0.717) is 24.1 Å². The molecule has 2 heterocycles. The summed E-state index contributed by atoms with van der Waals surface area (Å²) in [5.74, 6) is -0.116. The summed E-state index contributed by atoms with van der Waals surface area (Å²) in [4.78, 5) is 32.8. The van der Waals surface area contributed by atoms with Gasteiger partial charge >= 0.3 is 0 Å². The lowest BCUT2D eigenvalue weighted by molar-refractivity contribution is 0.1000. The molecule has 0 bridgehead atoms. The fraction of sp³-hybridized carbons (Fsp3) is 0.263. The summed E-state index contributed by atoms with van der Waals surface area (Å²) in [5.41, 5.74) is 18.8. The van der Waals surface area contributed by atoms with E-state index in [9.17, 15) is 9.59 Å². The third-order valence-electron chi connectivity index (χ3n) is 5.04. The highest BCUT2D eigenvalue weighted by atomic mass is 16.2. The molecule has 0 spiro atoms. The van der Waals surface area contributed by atoms with E-state index in [-0.39, 0.29) is 22.8 Å². The summed E-state index contributed by atoms with van der Waals surface area (Å²) < 4.78 is 1.57. The molecule has 28 heavy (non-hydrogen) atoms. The molecule has 1 fully saturated rings. The first kappa shape index (κ1) is 17.9. The lowest BCUT2D eigenvalue weighted by Gasteiger charge is -2.14. The zero-order valence-electron chi connectivity index (χ0n) is 15.3. The van der Waals surface area contributed by atoms with Gasteiger partial charge in [-0.25, -0.2) is 4.98 Å². The van der Waals surface area contributed by atoms with Gasteiger partial charge in [-0.1, -0.05) is 12.1 Å². The summed E-state index contributed by atoms with van der Waals surface area (Å²) in [7, 11) is 0. The van der Waals surface area contributed by atoms with Crippen molar-refractivity contribution in [3.05, 3.63) is 51.8 Å². The van der Waals surface area contributed by atoms with Crippen LogP contribution in [-0.2, 0) is 6.54 Å². The quantitative estimate of drug-likeness (QED) is 0.516. The molecule has 0 saturated heterocycles. The van der Waals surface area contributed by atoms with Crippen LogP contribution in [0.2, 0.25) is 0 Å². The van der Waals surface area contributed by atoms with E-state index in [1.54, 1.807) is 4.57 Å². The molecule has 9 nitrogen and oxygen atoms in total. The number of amides is 1. The third-order valence-corrected chi connectivity index (χ3v) is 5.04. The second-order valence-corrected chi connectivity index (χ2v) is 6.88. The van der Waals surface area contributed by atoms with Gasteiger partial charge in [-0.3, -0.25) is 9.59 Å². The molecule has 1 aliphatic carbocycles. The average Bonchev–Trinajstić information content (AvgIpc) is 3.39. The van der Waals surface area contributed by atoms with Crippen molar-refractivity contribution >= 4 is 34.4 Å². The Hall–Kier alpha value is -3.46. The number of primary amides is 1. The maximum Gasteiger partial charge on any atom is 0.256 e. The van der Waals surface area contributed by atoms with Crippen LogP contribution in [0.4, 0.5) is 17.5 Å². The molecule has 1 aromatic carbocycles. The van der Waals surface area contributed by atoms with Crippen LogP contribution in [0.3, 0.4) is 0 Å². The van der Waals surface area contributed by atoms with Gasteiger partial charge in [0.25, 0.3) is 5.91 Å². The van der Waals surface area contributed by atoms with Crippen LogP contribution in [0.25, 0.3) is 11.0 Å². The number of nitrogens with one attached hydrogen (secondary N) is 1. The van der Waals surface area contributed by atoms with Gasteiger partial charge in [-0.2, -0.15) is 4.98 Å². The maximum absolute atomic E-state index is 12.6. The second-order valence-electron chi connectivity index (χ2n) is 6.88. The number of benzene rings is 1. The minimum Gasteiger partial charge on any atom is -0.384 e. The lowest BCUT2D eigenvalue weighted by atomic mass is 10.1. The molecule has 1 amide bonds. The van der Waals surface area contributed by atoms with Gasteiger partial charge in [0.2, 0.25) is 11.4 Å². The Bertz CT molecular complexity index is 1140. The number of nitrogens with zero attached hydrogens (tertiary/aromatic N) is 3. The van der Waals surface area contributed by atoms with Crippen LogP contribution in [0, 0.1) is 0 Å². The summed E-state index contributed by atoms with van der Waals surface area (Å²) in [6, 6.07) is 8.18. The fourth-order valence-corrected chi connectivity index (χ4v) is 3.40. The predicted molar refractivity (Wildman–Crippen MR) is 107 cm³/mol. The number of carbonyl (C=O) groups excluding carboxylic acids is 1. The lowest BCUT2D eigenvalue weighted by Crippen LogP contribution is -2.28. The molecule has 7 N–H and O–H groups in total. The Kier molecular flexibility index (Phi) is 4.23. The molecular weight excluding hydrogens is 358 g/mol. The van der Waals surface area contributed by atoms with Gasteiger partial charge in [0.05, 0.1) is 5.39 Å². The van der Waals surface area contributed by atoms with E-state index in [2.05, 4.69) is 15.3 Å². The molecule has 0 aliphatic heterocycles. The molecule has 1 aliphatic rings. The number of aryl methyl sites for hydroxylation is 1. The summed E-state index contributed by atoms with van der Waals surface area (Å²) >= 11 is 0. The standard InChI is InChI=1S/C19H21N7O2/c1-2-26-16(21)14(17(22)28)15(27)12-8-23-19(25-18(12)26)24-10-5-3-9(4-6-10)11-7-13(11)20/h3-6,8,11,13H,2,7,20-21H2,1H3,(H2,22,28)(H,23,24,25). The van der Waals surface area contributed by atoms with Crippen LogP contribution in [0.5, 0.6) is 0 Å². The molecule has 9 heteroatoms. The highest BCUT2D eigenvalue weighted by Gasteiger charge is 2.34. The van der Waals surface area contributed by atoms with Gasteiger partial charge in [-0.05, 0) is 31.0 Å². The Morgan fingerprint density at radius 2 is 2.00 bits per heavy atom.